The third kappa shape index (κ3) is 4.11. The molecule has 0 bridgehead atoms. The Bertz CT molecular complexity index is 1270. The normalized spacial score (nSPS) is 15.0. The van der Waals surface area contributed by atoms with Crippen molar-refractivity contribution in [1.29, 1.82) is 0 Å². The quantitative estimate of drug-likeness (QED) is 0.359. The monoisotopic (exact) mass is 500 g/mol. The van der Waals surface area contributed by atoms with Crippen molar-refractivity contribution in [2.75, 3.05) is 19.8 Å². The number of aromatic nitrogens is 1. The molecule has 178 valence electrons. The van der Waals surface area contributed by atoms with Crippen LogP contribution in [0.15, 0.2) is 55.1 Å². The molecule has 3 aromatic rings. The van der Waals surface area contributed by atoms with Crippen LogP contribution >= 0.6 is 23.2 Å². The smallest absolute Gasteiger partial charge is 0.316 e. The minimum Gasteiger partial charge on any atom is -0.461 e. The van der Waals surface area contributed by atoms with Crippen molar-refractivity contribution < 1.29 is 19.1 Å². The number of fused-ring (bicyclic) bond motifs is 1. The van der Waals surface area contributed by atoms with E-state index in [1.165, 1.54) is 0 Å². The lowest BCUT2D eigenvalue weighted by Gasteiger charge is -2.42. The maximum atomic E-state index is 13.3. The highest BCUT2D eigenvalue weighted by Gasteiger charge is 2.43. The van der Waals surface area contributed by atoms with Crippen LogP contribution in [-0.2, 0) is 32.3 Å². The fourth-order valence-electron chi connectivity index (χ4n) is 4.10. The van der Waals surface area contributed by atoms with Gasteiger partial charge < -0.3 is 19.4 Å². The van der Waals surface area contributed by atoms with Crippen LogP contribution in [0.2, 0.25) is 10.0 Å². The Kier molecular flexibility index (Phi) is 6.51. The van der Waals surface area contributed by atoms with Gasteiger partial charge in [-0.1, -0.05) is 60.1 Å². The summed E-state index contributed by atoms with van der Waals surface area (Å²) >= 11 is 12.5. The molecule has 1 aromatic heterocycles. The summed E-state index contributed by atoms with van der Waals surface area (Å²) in [4.78, 5) is 25.8. The van der Waals surface area contributed by atoms with Crippen LogP contribution in [0.1, 0.15) is 35.5 Å². The number of rotatable bonds is 7. The molecule has 1 saturated heterocycles. The van der Waals surface area contributed by atoms with Crippen molar-refractivity contribution in [3.8, 4) is 0 Å². The van der Waals surface area contributed by atoms with Crippen LogP contribution in [0.5, 0.6) is 0 Å². The first-order valence-electron chi connectivity index (χ1n) is 10.8. The second kappa shape index (κ2) is 9.10. The molecule has 2 heterocycles. The van der Waals surface area contributed by atoms with Gasteiger partial charge in [-0.15, -0.1) is 0 Å². The number of nitrogens with one attached hydrogen (secondary N) is 1. The molecule has 0 saturated carbocycles. The average molecular weight is 501 g/mol. The Labute approximate surface area is 208 Å². The molecular weight excluding hydrogens is 475 g/mol. The number of carbonyl (C=O) groups is 2. The maximum absolute atomic E-state index is 13.3. The first kappa shape index (κ1) is 24.3. The predicted octanol–water partition coefficient (Wildman–Crippen LogP) is 5.15. The fraction of sp³-hybridized carbons (Fsp3) is 0.308. The molecule has 1 aliphatic heterocycles. The van der Waals surface area contributed by atoms with E-state index in [0.717, 1.165) is 22.0 Å². The number of hydrogen-bond donors (Lipinski definition) is 1. The van der Waals surface area contributed by atoms with E-state index in [9.17, 15) is 9.59 Å². The SMILES string of the molecule is C=CCOC(=O)C(C)(C)c1ccc(C2(NC(=O)c3cc4c(Cl)c(Cl)ccc4n3C)COC2)cc1. The topological polar surface area (TPSA) is 69.6 Å². The van der Waals surface area contributed by atoms with Crippen molar-refractivity contribution in [2.45, 2.75) is 24.8 Å². The summed E-state index contributed by atoms with van der Waals surface area (Å²) in [7, 11) is 1.81. The molecule has 34 heavy (non-hydrogen) atoms. The van der Waals surface area contributed by atoms with Gasteiger partial charge in [0.25, 0.3) is 5.91 Å². The summed E-state index contributed by atoms with van der Waals surface area (Å²) in [5.41, 5.74) is 1.50. The largest absolute Gasteiger partial charge is 0.461 e. The Morgan fingerprint density at radius 1 is 1.21 bits per heavy atom. The summed E-state index contributed by atoms with van der Waals surface area (Å²) in [6.45, 7) is 8.06. The lowest BCUT2D eigenvalue weighted by molar-refractivity contribution is -0.148. The number of halogens is 2. The van der Waals surface area contributed by atoms with Gasteiger partial charge in [0, 0.05) is 18.0 Å². The minimum atomic E-state index is -0.822. The summed E-state index contributed by atoms with van der Waals surface area (Å²) in [6, 6.07) is 12.9. The van der Waals surface area contributed by atoms with Gasteiger partial charge in [-0.05, 0) is 43.2 Å². The van der Waals surface area contributed by atoms with E-state index >= 15 is 0 Å². The van der Waals surface area contributed by atoms with Gasteiger partial charge in [0.05, 0.1) is 28.7 Å². The molecule has 1 aliphatic rings. The molecule has 0 unspecified atom stereocenters. The van der Waals surface area contributed by atoms with Crippen LogP contribution < -0.4 is 5.32 Å². The Balaban J connectivity index is 1.59. The van der Waals surface area contributed by atoms with Crippen LogP contribution in [0.4, 0.5) is 0 Å². The first-order valence-corrected chi connectivity index (χ1v) is 11.6. The van der Waals surface area contributed by atoms with Gasteiger partial charge in [0.2, 0.25) is 0 Å². The Hall–Kier alpha value is -2.80. The zero-order valence-corrected chi connectivity index (χ0v) is 20.8. The van der Waals surface area contributed by atoms with Crippen molar-refractivity contribution in [2.24, 2.45) is 7.05 Å². The number of hydrogen-bond acceptors (Lipinski definition) is 4. The lowest BCUT2D eigenvalue weighted by atomic mass is 9.81. The third-order valence-electron chi connectivity index (χ3n) is 6.40. The number of nitrogens with zero attached hydrogens (tertiary/aromatic N) is 1. The Morgan fingerprint density at radius 3 is 2.47 bits per heavy atom. The van der Waals surface area contributed by atoms with Gasteiger partial charge in [0.15, 0.2) is 0 Å². The number of ether oxygens (including phenoxy) is 2. The first-order chi connectivity index (χ1) is 16.1. The second-order valence-corrected chi connectivity index (χ2v) is 9.79. The van der Waals surface area contributed by atoms with Crippen LogP contribution in [0.25, 0.3) is 10.9 Å². The highest BCUT2D eigenvalue weighted by molar-refractivity contribution is 6.45. The molecule has 0 radical (unpaired) electrons. The van der Waals surface area contributed by atoms with E-state index in [0.29, 0.717) is 29.0 Å². The molecule has 4 rings (SSSR count). The number of aryl methyl sites for hydroxylation is 1. The van der Waals surface area contributed by atoms with E-state index < -0.39 is 11.0 Å². The second-order valence-electron chi connectivity index (χ2n) is 9.00. The molecule has 1 amide bonds. The molecule has 6 nitrogen and oxygen atoms in total. The fourth-order valence-corrected chi connectivity index (χ4v) is 4.48. The predicted molar refractivity (Wildman–Crippen MR) is 134 cm³/mol. The average Bonchev–Trinajstić information content (AvgIpc) is 3.14. The van der Waals surface area contributed by atoms with Crippen LogP contribution in [0.3, 0.4) is 0 Å². The summed E-state index contributed by atoms with van der Waals surface area (Å²) < 4.78 is 12.5. The van der Waals surface area contributed by atoms with E-state index in [4.69, 9.17) is 32.7 Å². The Morgan fingerprint density at radius 2 is 1.88 bits per heavy atom. The molecule has 2 aromatic carbocycles. The molecule has 1 N–H and O–H groups in total. The van der Waals surface area contributed by atoms with Gasteiger partial charge >= 0.3 is 5.97 Å². The summed E-state index contributed by atoms with van der Waals surface area (Å²) in [5, 5.41) is 4.72. The van der Waals surface area contributed by atoms with Crippen molar-refractivity contribution >= 4 is 46.0 Å². The van der Waals surface area contributed by atoms with E-state index in [-0.39, 0.29) is 18.5 Å². The van der Waals surface area contributed by atoms with Crippen molar-refractivity contribution in [3.05, 3.63) is 82.0 Å². The van der Waals surface area contributed by atoms with E-state index in [1.807, 2.05) is 51.2 Å². The number of carbonyl (C=O) groups excluding carboxylic acids is 2. The third-order valence-corrected chi connectivity index (χ3v) is 7.22. The number of amides is 1. The van der Waals surface area contributed by atoms with Gasteiger partial charge in [-0.3, -0.25) is 9.59 Å². The van der Waals surface area contributed by atoms with E-state index in [1.54, 1.807) is 22.8 Å². The standard InChI is InChI=1S/C26H26Cl2N2O4/c1-5-12-34-24(32)25(2,3)16-6-8-17(9-7-16)26(14-33-15-26)29-23(31)21-13-18-20(30(21)4)11-10-19(27)22(18)28/h5-11,13H,1,12,14-15H2,2-4H3,(H,29,31). The molecule has 1 fully saturated rings. The maximum Gasteiger partial charge on any atom is 0.316 e. The molecule has 8 heteroatoms. The zero-order chi connectivity index (χ0) is 24.7. The highest BCUT2D eigenvalue weighted by atomic mass is 35.5. The van der Waals surface area contributed by atoms with Gasteiger partial charge in [-0.2, -0.15) is 0 Å². The number of esters is 1. The molecule has 0 aliphatic carbocycles. The minimum absolute atomic E-state index is 0.165. The summed E-state index contributed by atoms with van der Waals surface area (Å²) in [5.74, 6) is -0.573. The molecule has 0 atom stereocenters. The summed E-state index contributed by atoms with van der Waals surface area (Å²) in [6.07, 6.45) is 1.54. The van der Waals surface area contributed by atoms with Crippen molar-refractivity contribution in [3.63, 3.8) is 0 Å². The number of benzene rings is 2. The highest BCUT2D eigenvalue weighted by Crippen LogP contribution is 2.35. The molecular formula is C26H26Cl2N2O4. The van der Waals surface area contributed by atoms with Gasteiger partial charge in [-0.25, -0.2) is 0 Å². The van der Waals surface area contributed by atoms with Crippen LogP contribution in [-0.4, -0.2) is 36.3 Å². The van der Waals surface area contributed by atoms with Gasteiger partial charge in [0.1, 0.15) is 17.8 Å². The molecule has 0 spiro atoms. The van der Waals surface area contributed by atoms with E-state index in [2.05, 4.69) is 11.9 Å². The zero-order valence-electron chi connectivity index (χ0n) is 19.3. The van der Waals surface area contributed by atoms with Crippen LogP contribution in [0, 0.1) is 0 Å². The lowest BCUT2D eigenvalue weighted by Crippen LogP contribution is -2.59. The van der Waals surface area contributed by atoms with Crippen molar-refractivity contribution in [1.82, 2.24) is 9.88 Å².